The third-order valence-electron chi connectivity index (χ3n) is 3.42. The number of hydrogen-bond donors (Lipinski definition) is 2. The monoisotopic (exact) mass is 233 g/mol. The van der Waals surface area contributed by atoms with E-state index in [4.69, 9.17) is 5.11 Å². The summed E-state index contributed by atoms with van der Waals surface area (Å²) in [6.45, 7) is 4.28. The maximum absolute atomic E-state index is 11.4. The minimum absolute atomic E-state index is 0.0776. The fraction of sp³-hybridized carbons (Fsp3) is 0.500. The van der Waals surface area contributed by atoms with Crippen LogP contribution in [0.1, 0.15) is 25.0 Å². The molecule has 2 N–H and O–H groups in total. The van der Waals surface area contributed by atoms with Gasteiger partial charge in [-0.05, 0) is 36.3 Å². The van der Waals surface area contributed by atoms with Crippen molar-refractivity contribution in [2.45, 2.75) is 32.8 Å². The number of nitrogens with one attached hydrogen (secondary N) is 1. The van der Waals surface area contributed by atoms with Gasteiger partial charge in [-0.1, -0.05) is 31.2 Å². The summed E-state index contributed by atoms with van der Waals surface area (Å²) in [6.07, 6.45) is 1.05. The maximum atomic E-state index is 11.4. The van der Waals surface area contributed by atoms with E-state index in [1.807, 2.05) is 0 Å². The second kappa shape index (κ2) is 4.49. The minimum Gasteiger partial charge on any atom is -0.384 e. The number of carbonyl (C=O) groups is 1. The summed E-state index contributed by atoms with van der Waals surface area (Å²) >= 11 is 0. The van der Waals surface area contributed by atoms with Gasteiger partial charge in [-0.2, -0.15) is 0 Å². The molecule has 0 spiro atoms. The Kier molecular flexibility index (Phi) is 3.20. The number of amides is 1. The largest absolute Gasteiger partial charge is 0.384 e. The van der Waals surface area contributed by atoms with Crippen molar-refractivity contribution in [3.8, 4) is 0 Å². The Morgan fingerprint density at radius 3 is 2.41 bits per heavy atom. The van der Waals surface area contributed by atoms with E-state index >= 15 is 0 Å². The van der Waals surface area contributed by atoms with E-state index in [0.29, 0.717) is 6.54 Å². The van der Waals surface area contributed by atoms with Crippen LogP contribution in [0.15, 0.2) is 24.3 Å². The molecule has 1 aromatic rings. The zero-order chi connectivity index (χ0) is 12.5. The quantitative estimate of drug-likeness (QED) is 0.826. The molecule has 92 valence electrons. The van der Waals surface area contributed by atoms with Crippen molar-refractivity contribution < 1.29 is 9.90 Å². The molecule has 0 aliphatic heterocycles. The molecule has 1 unspecified atom stereocenters. The Morgan fingerprint density at radius 2 is 1.94 bits per heavy atom. The molecule has 0 saturated carbocycles. The van der Waals surface area contributed by atoms with E-state index in [0.717, 1.165) is 12.8 Å². The van der Waals surface area contributed by atoms with Crippen LogP contribution in [0.25, 0.3) is 0 Å². The van der Waals surface area contributed by atoms with E-state index in [1.165, 1.54) is 18.1 Å². The smallest absolute Gasteiger partial charge is 0.248 e. The van der Waals surface area contributed by atoms with Crippen molar-refractivity contribution in [3.63, 3.8) is 0 Å². The third kappa shape index (κ3) is 2.67. The Morgan fingerprint density at radius 1 is 1.41 bits per heavy atom. The van der Waals surface area contributed by atoms with Gasteiger partial charge in [-0.15, -0.1) is 0 Å². The molecule has 1 aliphatic carbocycles. The standard InChI is InChI=1S/C14H19NO2/c1-10(16)13(17)15-9-14(2)7-11-5-3-4-6-12(11)8-14/h3-6,10,16H,7-9H2,1-2H3,(H,15,17). The molecular formula is C14H19NO2. The molecule has 0 aromatic heterocycles. The molecule has 17 heavy (non-hydrogen) atoms. The third-order valence-corrected chi connectivity index (χ3v) is 3.42. The predicted molar refractivity (Wildman–Crippen MR) is 66.6 cm³/mol. The lowest BCUT2D eigenvalue weighted by Gasteiger charge is -2.24. The number of hydrogen-bond acceptors (Lipinski definition) is 2. The second-order valence-electron chi connectivity index (χ2n) is 5.33. The summed E-state index contributed by atoms with van der Waals surface area (Å²) < 4.78 is 0. The van der Waals surface area contributed by atoms with Crippen LogP contribution in [0, 0.1) is 5.41 Å². The van der Waals surface area contributed by atoms with Gasteiger partial charge in [0.2, 0.25) is 5.91 Å². The number of aliphatic hydroxyl groups excluding tert-OH is 1. The van der Waals surface area contributed by atoms with Crippen molar-refractivity contribution in [2.75, 3.05) is 6.54 Å². The van der Waals surface area contributed by atoms with Crippen molar-refractivity contribution in [2.24, 2.45) is 5.41 Å². The van der Waals surface area contributed by atoms with Crippen LogP contribution in [0.4, 0.5) is 0 Å². The number of carbonyl (C=O) groups excluding carboxylic acids is 1. The fourth-order valence-corrected chi connectivity index (χ4v) is 2.46. The first-order valence-corrected chi connectivity index (χ1v) is 6.03. The highest BCUT2D eigenvalue weighted by Crippen LogP contribution is 2.35. The first-order chi connectivity index (χ1) is 8.00. The Labute approximate surface area is 102 Å². The van der Waals surface area contributed by atoms with E-state index in [9.17, 15) is 4.79 Å². The number of rotatable bonds is 3. The van der Waals surface area contributed by atoms with E-state index in [1.54, 1.807) is 0 Å². The minimum atomic E-state index is -0.928. The lowest BCUT2D eigenvalue weighted by molar-refractivity contribution is -0.128. The van der Waals surface area contributed by atoms with E-state index < -0.39 is 6.10 Å². The molecule has 2 rings (SSSR count). The fourth-order valence-electron chi connectivity index (χ4n) is 2.46. The number of benzene rings is 1. The van der Waals surface area contributed by atoms with Gasteiger partial charge in [-0.25, -0.2) is 0 Å². The van der Waals surface area contributed by atoms with Gasteiger partial charge in [0.25, 0.3) is 0 Å². The number of fused-ring (bicyclic) bond motifs is 1. The van der Waals surface area contributed by atoms with Gasteiger partial charge < -0.3 is 10.4 Å². The number of aliphatic hydroxyl groups is 1. The molecule has 1 aliphatic rings. The van der Waals surface area contributed by atoms with E-state index in [2.05, 4.69) is 36.5 Å². The summed E-state index contributed by atoms with van der Waals surface area (Å²) in [7, 11) is 0. The van der Waals surface area contributed by atoms with E-state index in [-0.39, 0.29) is 11.3 Å². The molecule has 1 aromatic carbocycles. The molecule has 1 atom stereocenters. The lowest BCUT2D eigenvalue weighted by atomic mass is 9.87. The summed E-state index contributed by atoms with van der Waals surface area (Å²) in [5.41, 5.74) is 2.83. The van der Waals surface area contributed by atoms with Gasteiger partial charge >= 0.3 is 0 Å². The Bertz CT molecular complexity index is 401. The highest BCUT2D eigenvalue weighted by atomic mass is 16.3. The van der Waals surface area contributed by atoms with Crippen molar-refractivity contribution in [3.05, 3.63) is 35.4 Å². The second-order valence-corrected chi connectivity index (χ2v) is 5.33. The molecule has 0 bridgehead atoms. The molecule has 0 saturated heterocycles. The summed E-state index contributed by atoms with van der Waals surface area (Å²) in [6, 6.07) is 8.41. The van der Waals surface area contributed by atoms with Crippen molar-refractivity contribution in [1.29, 1.82) is 0 Å². The normalized spacial score (nSPS) is 18.5. The summed E-state index contributed by atoms with van der Waals surface area (Å²) in [5.74, 6) is -0.290. The highest BCUT2D eigenvalue weighted by molar-refractivity contribution is 5.80. The van der Waals surface area contributed by atoms with Crippen LogP contribution < -0.4 is 5.32 Å². The van der Waals surface area contributed by atoms with Crippen molar-refractivity contribution in [1.82, 2.24) is 5.32 Å². The molecule has 0 fully saturated rings. The van der Waals surface area contributed by atoms with Crippen LogP contribution in [-0.4, -0.2) is 23.7 Å². The SMILES string of the molecule is CC(O)C(=O)NCC1(C)Cc2ccccc2C1. The maximum Gasteiger partial charge on any atom is 0.248 e. The van der Waals surface area contributed by atoms with Gasteiger partial charge in [-0.3, -0.25) is 4.79 Å². The van der Waals surface area contributed by atoms with Crippen LogP contribution >= 0.6 is 0 Å². The Hall–Kier alpha value is -1.35. The summed E-state index contributed by atoms with van der Waals surface area (Å²) in [4.78, 5) is 11.4. The molecule has 1 amide bonds. The molecule has 3 nitrogen and oxygen atoms in total. The molecular weight excluding hydrogens is 214 g/mol. The zero-order valence-corrected chi connectivity index (χ0v) is 10.4. The van der Waals surface area contributed by atoms with Gasteiger partial charge in [0, 0.05) is 6.54 Å². The van der Waals surface area contributed by atoms with Crippen molar-refractivity contribution >= 4 is 5.91 Å². The molecule has 0 heterocycles. The van der Waals surface area contributed by atoms with Crippen LogP contribution in [0.5, 0.6) is 0 Å². The van der Waals surface area contributed by atoms with Crippen LogP contribution in [0.3, 0.4) is 0 Å². The van der Waals surface area contributed by atoms with Gasteiger partial charge in [0.05, 0.1) is 0 Å². The van der Waals surface area contributed by atoms with Gasteiger partial charge in [0.15, 0.2) is 0 Å². The first-order valence-electron chi connectivity index (χ1n) is 6.03. The van der Waals surface area contributed by atoms with Gasteiger partial charge in [0.1, 0.15) is 6.10 Å². The molecule has 0 radical (unpaired) electrons. The summed E-state index contributed by atoms with van der Waals surface area (Å²) in [5, 5.41) is 12.0. The average molecular weight is 233 g/mol. The predicted octanol–water partition coefficient (Wildman–Crippen LogP) is 1.29. The van der Waals surface area contributed by atoms with Crippen LogP contribution in [-0.2, 0) is 17.6 Å². The highest BCUT2D eigenvalue weighted by Gasteiger charge is 2.32. The average Bonchev–Trinajstić information content (AvgIpc) is 2.62. The van der Waals surface area contributed by atoms with Crippen LogP contribution in [0.2, 0.25) is 0 Å². The lowest BCUT2D eigenvalue weighted by Crippen LogP contribution is -2.40. The first kappa shape index (κ1) is 12.1. The Balaban J connectivity index is 1.98. The zero-order valence-electron chi connectivity index (χ0n) is 10.4. The molecule has 3 heteroatoms. The topological polar surface area (TPSA) is 49.3 Å².